The van der Waals surface area contributed by atoms with Crippen LogP contribution in [-0.2, 0) is 4.74 Å². The van der Waals surface area contributed by atoms with Gasteiger partial charge >= 0.3 is 0 Å². The highest BCUT2D eigenvalue weighted by atomic mass is 16.6. The van der Waals surface area contributed by atoms with Crippen LogP contribution in [0, 0.1) is 10.1 Å². The Kier molecular flexibility index (Phi) is 2.91. The Hall–Kier alpha value is -1.82. The van der Waals surface area contributed by atoms with E-state index in [1.54, 1.807) is 0 Å². The molecule has 1 aromatic rings. The first-order valence-electron chi connectivity index (χ1n) is 4.77. The number of rotatable bonds is 5. The van der Waals surface area contributed by atoms with Gasteiger partial charge in [-0.1, -0.05) is 0 Å². The summed E-state index contributed by atoms with van der Waals surface area (Å²) in [7, 11) is 1.49. The number of ether oxygens (including phenoxy) is 3. The zero-order valence-electron chi connectivity index (χ0n) is 8.71. The number of nitro benzene ring substituents is 1. The molecule has 0 bridgehead atoms. The van der Waals surface area contributed by atoms with Gasteiger partial charge in [0.2, 0.25) is 0 Å². The largest absolute Gasteiger partial charge is 0.493 e. The van der Waals surface area contributed by atoms with Gasteiger partial charge in [0, 0.05) is 6.07 Å². The Bertz CT molecular complexity index is 402. The van der Waals surface area contributed by atoms with Crippen LogP contribution in [-0.4, -0.2) is 31.4 Å². The average Bonchev–Trinajstić information content (AvgIpc) is 3.09. The number of hydrogen-bond donors (Lipinski definition) is 0. The van der Waals surface area contributed by atoms with E-state index < -0.39 is 4.92 Å². The SMILES string of the molecule is COc1ccc([N+](=O)[O-])cc1OC[C@H]1CO1. The van der Waals surface area contributed by atoms with Crippen molar-refractivity contribution in [1.82, 2.24) is 0 Å². The molecular formula is C10H11NO5. The lowest BCUT2D eigenvalue weighted by Gasteiger charge is -2.08. The van der Waals surface area contributed by atoms with Crippen LogP contribution < -0.4 is 9.47 Å². The van der Waals surface area contributed by atoms with E-state index in [0.717, 1.165) is 0 Å². The van der Waals surface area contributed by atoms with Crippen molar-refractivity contribution >= 4 is 5.69 Å². The normalized spacial score (nSPS) is 17.9. The van der Waals surface area contributed by atoms with Crippen LogP contribution in [0.4, 0.5) is 5.69 Å². The molecule has 2 rings (SSSR count). The van der Waals surface area contributed by atoms with Crippen molar-refractivity contribution in [1.29, 1.82) is 0 Å². The predicted molar refractivity (Wildman–Crippen MR) is 54.9 cm³/mol. The van der Waals surface area contributed by atoms with Gasteiger partial charge in [0.15, 0.2) is 11.5 Å². The molecule has 0 aromatic heterocycles. The molecule has 1 saturated heterocycles. The number of non-ortho nitro benzene ring substituents is 1. The smallest absolute Gasteiger partial charge is 0.273 e. The second-order valence-corrected chi connectivity index (χ2v) is 3.36. The minimum Gasteiger partial charge on any atom is -0.493 e. The summed E-state index contributed by atoms with van der Waals surface area (Å²) in [5, 5.41) is 10.6. The highest BCUT2D eigenvalue weighted by Gasteiger charge is 2.24. The van der Waals surface area contributed by atoms with Gasteiger partial charge in [0.25, 0.3) is 5.69 Å². The first kappa shape index (κ1) is 10.7. The van der Waals surface area contributed by atoms with Gasteiger partial charge in [0.1, 0.15) is 12.7 Å². The van der Waals surface area contributed by atoms with Crippen molar-refractivity contribution in [2.45, 2.75) is 6.10 Å². The minimum absolute atomic E-state index is 0.0208. The Labute approximate surface area is 91.9 Å². The monoisotopic (exact) mass is 225 g/mol. The molecule has 1 fully saturated rings. The third kappa shape index (κ3) is 2.40. The molecule has 86 valence electrons. The maximum atomic E-state index is 10.6. The summed E-state index contributed by atoms with van der Waals surface area (Å²) in [6.07, 6.45) is 0.101. The molecule has 0 unspecified atom stereocenters. The third-order valence-corrected chi connectivity index (χ3v) is 2.19. The quantitative estimate of drug-likeness (QED) is 0.430. The molecule has 1 atom stereocenters. The Morgan fingerprint density at radius 3 is 2.88 bits per heavy atom. The Morgan fingerprint density at radius 2 is 2.31 bits per heavy atom. The molecular weight excluding hydrogens is 214 g/mol. The van der Waals surface area contributed by atoms with Crippen LogP contribution in [0.2, 0.25) is 0 Å². The number of benzene rings is 1. The summed E-state index contributed by atoms with van der Waals surface area (Å²) in [5.41, 5.74) is -0.0208. The molecule has 1 heterocycles. The van der Waals surface area contributed by atoms with Crippen molar-refractivity contribution in [2.24, 2.45) is 0 Å². The second kappa shape index (κ2) is 4.36. The van der Waals surface area contributed by atoms with Crippen LogP contribution in [0.5, 0.6) is 11.5 Å². The fourth-order valence-electron chi connectivity index (χ4n) is 1.24. The van der Waals surface area contributed by atoms with Crippen LogP contribution in [0.15, 0.2) is 18.2 Å². The topological polar surface area (TPSA) is 74.1 Å². The van der Waals surface area contributed by atoms with Crippen molar-refractivity contribution in [2.75, 3.05) is 20.3 Å². The van der Waals surface area contributed by atoms with Gasteiger partial charge < -0.3 is 14.2 Å². The first-order chi connectivity index (χ1) is 7.70. The fraction of sp³-hybridized carbons (Fsp3) is 0.400. The lowest BCUT2D eigenvalue weighted by Crippen LogP contribution is -2.05. The lowest BCUT2D eigenvalue weighted by molar-refractivity contribution is -0.385. The van der Waals surface area contributed by atoms with E-state index in [0.29, 0.717) is 24.7 Å². The van der Waals surface area contributed by atoms with E-state index in [1.807, 2.05) is 0 Å². The number of epoxide rings is 1. The van der Waals surface area contributed by atoms with E-state index in [1.165, 1.54) is 25.3 Å². The second-order valence-electron chi connectivity index (χ2n) is 3.36. The fourth-order valence-corrected chi connectivity index (χ4v) is 1.24. The van der Waals surface area contributed by atoms with Gasteiger partial charge in [-0.2, -0.15) is 0 Å². The zero-order chi connectivity index (χ0) is 11.5. The summed E-state index contributed by atoms with van der Waals surface area (Å²) in [6.45, 7) is 1.06. The summed E-state index contributed by atoms with van der Waals surface area (Å²) in [4.78, 5) is 10.1. The average molecular weight is 225 g/mol. The summed E-state index contributed by atoms with van der Waals surface area (Å²) in [6, 6.07) is 4.24. The highest BCUT2D eigenvalue weighted by molar-refractivity contribution is 5.48. The maximum absolute atomic E-state index is 10.6. The summed E-state index contributed by atoms with van der Waals surface area (Å²) < 4.78 is 15.4. The highest BCUT2D eigenvalue weighted by Crippen LogP contribution is 2.31. The van der Waals surface area contributed by atoms with E-state index in [2.05, 4.69) is 0 Å². The van der Waals surface area contributed by atoms with Crippen molar-refractivity contribution in [3.63, 3.8) is 0 Å². The molecule has 6 heteroatoms. The predicted octanol–water partition coefficient (Wildman–Crippen LogP) is 1.38. The molecule has 0 saturated carbocycles. The van der Waals surface area contributed by atoms with Gasteiger partial charge in [-0.3, -0.25) is 10.1 Å². The molecule has 1 aliphatic rings. The van der Waals surface area contributed by atoms with Crippen LogP contribution in [0.3, 0.4) is 0 Å². The Balaban J connectivity index is 2.16. The number of methoxy groups -OCH3 is 1. The van der Waals surface area contributed by atoms with E-state index in [4.69, 9.17) is 14.2 Å². The van der Waals surface area contributed by atoms with E-state index >= 15 is 0 Å². The van der Waals surface area contributed by atoms with Crippen molar-refractivity contribution < 1.29 is 19.1 Å². The summed E-state index contributed by atoms with van der Waals surface area (Å²) in [5.74, 6) is 0.846. The Morgan fingerprint density at radius 1 is 1.56 bits per heavy atom. The molecule has 0 aliphatic carbocycles. The molecule has 0 radical (unpaired) electrons. The molecule has 1 aromatic carbocycles. The van der Waals surface area contributed by atoms with Crippen LogP contribution in [0.25, 0.3) is 0 Å². The van der Waals surface area contributed by atoms with Gasteiger partial charge in [-0.05, 0) is 6.07 Å². The van der Waals surface area contributed by atoms with Crippen LogP contribution in [0.1, 0.15) is 0 Å². The number of nitro groups is 1. The first-order valence-corrected chi connectivity index (χ1v) is 4.77. The van der Waals surface area contributed by atoms with E-state index in [9.17, 15) is 10.1 Å². The van der Waals surface area contributed by atoms with Gasteiger partial charge in [0.05, 0.1) is 24.7 Å². The standard InChI is InChI=1S/C10H11NO5/c1-14-9-3-2-7(11(12)13)4-10(9)16-6-8-5-15-8/h2-4,8H,5-6H2,1H3/t8-/m1/s1. The van der Waals surface area contributed by atoms with Gasteiger partial charge in [-0.15, -0.1) is 0 Å². The molecule has 6 nitrogen and oxygen atoms in total. The third-order valence-electron chi connectivity index (χ3n) is 2.19. The molecule has 0 spiro atoms. The lowest BCUT2D eigenvalue weighted by atomic mass is 10.3. The number of hydrogen-bond acceptors (Lipinski definition) is 5. The zero-order valence-corrected chi connectivity index (χ0v) is 8.71. The van der Waals surface area contributed by atoms with Crippen molar-refractivity contribution in [3.05, 3.63) is 28.3 Å². The van der Waals surface area contributed by atoms with Gasteiger partial charge in [-0.25, -0.2) is 0 Å². The van der Waals surface area contributed by atoms with Crippen molar-refractivity contribution in [3.8, 4) is 11.5 Å². The molecule has 1 aliphatic heterocycles. The van der Waals surface area contributed by atoms with Crippen LogP contribution >= 0.6 is 0 Å². The van der Waals surface area contributed by atoms with E-state index in [-0.39, 0.29) is 11.8 Å². The number of nitrogens with zero attached hydrogens (tertiary/aromatic N) is 1. The minimum atomic E-state index is -0.472. The molecule has 0 N–H and O–H groups in total. The summed E-state index contributed by atoms with van der Waals surface area (Å²) >= 11 is 0. The maximum Gasteiger partial charge on any atom is 0.273 e. The molecule has 16 heavy (non-hydrogen) atoms. The molecule has 0 amide bonds.